The molecule has 9 aromatic carbocycles. The summed E-state index contributed by atoms with van der Waals surface area (Å²) in [5, 5.41) is 16.0. The number of fused-ring (bicyclic) bond motifs is 9. The molecule has 10 rings (SSSR count). The van der Waals surface area contributed by atoms with Gasteiger partial charge < -0.3 is 16.0 Å². The van der Waals surface area contributed by atoms with Gasteiger partial charge in [0, 0.05) is 16.5 Å². The van der Waals surface area contributed by atoms with Crippen molar-refractivity contribution in [3.8, 4) is 5.69 Å². The summed E-state index contributed by atoms with van der Waals surface area (Å²) in [7, 11) is 0. The number of aryl methyl sites for hydroxylation is 1. The second-order valence-electron chi connectivity index (χ2n) is 13.9. The summed E-state index contributed by atoms with van der Waals surface area (Å²) < 4.78 is 2.43. The van der Waals surface area contributed by atoms with Crippen molar-refractivity contribution in [2.45, 2.75) is 33.1 Å². The summed E-state index contributed by atoms with van der Waals surface area (Å²) >= 11 is 0. The van der Waals surface area contributed by atoms with Crippen LogP contribution in [-0.4, -0.2) is 4.57 Å². The van der Waals surface area contributed by atoms with Gasteiger partial charge in [-0.3, -0.25) is 5.32 Å². The molecule has 4 nitrogen and oxygen atoms in total. The zero-order valence-corrected chi connectivity index (χ0v) is 31.6. The Morgan fingerprint density at radius 1 is 0.418 bits per heavy atom. The molecular weight excluding hydrogens is 669 g/mol. The molecule has 0 bridgehead atoms. The molecule has 2 unspecified atom stereocenters. The first kappa shape index (κ1) is 35.7. The molecule has 0 spiro atoms. The maximum atomic E-state index is 6.23. The van der Waals surface area contributed by atoms with Crippen molar-refractivity contribution in [3.63, 3.8) is 0 Å². The molecule has 1 heterocycles. The van der Waals surface area contributed by atoms with E-state index in [9.17, 15) is 0 Å². The average Bonchev–Trinajstić information content (AvgIpc) is 3.60. The summed E-state index contributed by atoms with van der Waals surface area (Å²) in [6, 6.07) is 64.4. The Morgan fingerprint density at radius 2 is 0.891 bits per heavy atom. The SMILES string of the molecule is CC.Cc1ccc2cc(-n3c4ccc5ccccc5c4c4c5ccccc5ccc43)ccc2c1.NC(NC(N)c1ccc2ccccc2c1)c1ccccc1. The predicted octanol–water partition coefficient (Wildman–Crippen LogP) is 12.6. The van der Waals surface area contributed by atoms with Gasteiger partial charge in [-0.05, 0) is 91.5 Å². The number of nitrogens with two attached hydrogens (primary N) is 2. The highest BCUT2D eigenvalue weighted by molar-refractivity contribution is 6.28. The molecule has 2 atom stereocenters. The Balaban J connectivity index is 0.000000162. The van der Waals surface area contributed by atoms with E-state index < -0.39 is 0 Å². The maximum absolute atomic E-state index is 6.23. The first-order valence-electron chi connectivity index (χ1n) is 19.2. The summed E-state index contributed by atoms with van der Waals surface area (Å²) in [6.07, 6.45) is -0.586. The average molecular weight is 715 g/mol. The Labute approximate surface area is 322 Å². The number of nitrogens with zero attached hydrogens (tertiary/aromatic N) is 1. The van der Waals surface area contributed by atoms with E-state index in [0.717, 1.165) is 11.1 Å². The van der Waals surface area contributed by atoms with Crippen LogP contribution in [0, 0.1) is 6.92 Å². The lowest BCUT2D eigenvalue weighted by atomic mass is 10.00. The fourth-order valence-corrected chi connectivity index (χ4v) is 7.77. The Kier molecular flexibility index (Phi) is 10.1. The number of hydrogen-bond acceptors (Lipinski definition) is 3. The lowest BCUT2D eigenvalue weighted by Gasteiger charge is -2.21. The van der Waals surface area contributed by atoms with Gasteiger partial charge in [0.15, 0.2) is 0 Å². The molecule has 10 aromatic rings. The normalized spacial score (nSPS) is 12.4. The molecular formula is C51H46N4. The van der Waals surface area contributed by atoms with Gasteiger partial charge in [0.05, 0.1) is 23.4 Å². The molecule has 0 amide bonds. The third kappa shape index (κ3) is 6.95. The third-order valence-corrected chi connectivity index (χ3v) is 10.4. The summed E-state index contributed by atoms with van der Waals surface area (Å²) in [4.78, 5) is 0. The second-order valence-corrected chi connectivity index (χ2v) is 13.9. The van der Waals surface area contributed by atoms with Crippen LogP contribution in [0.1, 0.15) is 42.9 Å². The topological polar surface area (TPSA) is 69.0 Å². The minimum atomic E-state index is -0.301. The van der Waals surface area contributed by atoms with Crippen molar-refractivity contribution in [2.24, 2.45) is 11.5 Å². The van der Waals surface area contributed by atoms with Crippen LogP contribution in [0.2, 0.25) is 0 Å². The molecule has 0 saturated carbocycles. The van der Waals surface area contributed by atoms with E-state index in [0.29, 0.717) is 0 Å². The van der Waals surface area contributed by atoms with Gasteiger partial charge in [0.2, 0.25) is 0 Å². The van der Waals surface area contributed by atoms with E-state index in [1.165, 1.54) is 76.1 Å². The molecule has 55 heavy (non-hydrogen) atoms. The highest BCUT2D eigenvalue weighted by atomic mass is 15.1. The highest BCUT2D eigenvalue weighted by Crippen LogP contribution is 2.40. The van der Waals surface area contributed by atoms with Crippen LogP contribution in [-0.2, 0) is 0 Å². The lowest BCUT2D eigenvalue weighted by Crippen LogP contribution is -2.36. The van der Waals surface area contributed by atoms with Crippen LogP contribution in [0.15, 0.2) is 182 Å². The van der Waals surface area contributed by atoms with E-state index >= 15 is 0 Å². The van der Waals surface area contributed by atoms with Crippen LogP contribution in [0.3, 0.4) is 0 Å². The molecule has 0 radical (unpaired) electrons. The van der Waals surface area contributed by atoms with E-state index in [1.54, 1.807) is 0 Å². The fraction of sp³-hybridized carbons (Fsp3) is 0.0980. The van der Waals surface area contributed by atoms with Crippen molar-refractivity contribution in [2.75, 3.05) is 0 Å². The molecule has 4 heteroatoms. The summed E-state index contributed by atoms with van der Waals surface area (Å²) in [5.74, 6) is 0. The van der Waals surface area contributed by atoms with E-state index in [-0.39, 0.29) is 12.3 Å². The lowest BCUT2D eigenvalue weighted by molar-refractivity contribution is 0.464. The molecule has 0 fully saturated rings. The Hall–Kier alpha value is -6.30. The zero-order valence-electron chi connectivity index (χ0n) is 31.6. The number of benzene rings is 9. The van der Waals surface area contributed by atoms with Crippen LogP contribution in [0.4, 0.5) is 0 Å². The summed E-state index contributed by atoms with van der Waals surface area (Å²) in [6.45, 7) is 6.15. The quantitative estimate of drug-likeness (QED) is 0.155. The molecule has 5 N–H and O–H groups in total. The summed E-state index contributed by atoms with van der Waals surface area (Å²) in [5.41, 5.74) is 19.4. The van der Waals surface area contributed by atoms with Crippen LogP contribution >= 0.6 is 0 Å². The maximum Gasteiger partial charge on any atom is 0.0824 e. The molecule has 1 aromatic heterocycles. The standard InChI is InChI=1S/C31H21N.C18H19N3.C2H6/c1-20-10-11-24-19-25(15-12-23(24)18-20)32-28-16-13-21-6-2-4-8-26(21)30(28)31-27-9-5-3-7-22(27)14-17-29(31)32;19-17(14-7-2-1-3-8-14)21-18(20)16-11-10-13-6-4-5-9-15(13)12-16;1-2/h2-19H,1H3;1-12,17-18,21H,19-20H2;1-2H3. The molecule has 0 saturated heterocycles. The van der Waals surface area contributed by atoms with Crippen molar-refractivity contribution < 1.29 is 0 Å². The monoisotopic (exact) mass is 714 g/mol. The molecule has 0 aliphatic heterocycles. The third-order valence-electron chi connectivity index (χ3n) is 10.4. The van der Waals surface area contributed by atoms with E-state index in [1.807, 2.05) is 62.4 Å². The molecule has 0 aliphatic rings. The fourth-order valence-electron chi connectivity index (χ4n) is 7.77. The van der Waals surface area contributed by atoms with Crippen LogP contribution < -0.4 is 16.8 Å². The van der Waals surface area contributed by atoms with Crippen LogP contribution in [0.5, 0.6) is 0 Å². The van der Waals surface area contributed by atoms with E-state index in [4.69, 9.17) is 11.5 Å². The van der Waals surface area contributed by atoms with Crippen molar-refractivity contribution in [3.05, 3.63) is 199 Å². The van der Waals surface area contributed by atoms with Gasteiger partial charge in [-0.15, -0.1) is 0 Å². The van der Waals surface area contributed by atoms with Crippen molar-refractivity contribution in [1.29, 1.82) is 0 Å². The van der Waals surface area contributed by atoms with Crippen molar-refractivity contribution >= 4 is 64.9 Å². The van der Waals surface area contributed by atoms with Gasteiger partial charge in [-0.1, -0.05) is 171 Å². The van der Waals surface area contributed by atoms with Gasteiger partial charge in [-0.2, -0.15) is 0 Å². The first-order valence-corrected chi connectivity index (χ1v) is 19.2. The highest BCUT2D eigenvalue weighted by Gasteiger charge is 2.17. The number of nitrogens with one attached hydrogen (secondary N) is 1. The van der Waals surface area contributed by atoms with Crippen LogP contribution in [0.25, 0.3) is 70.6 Å². The smallest absolute Gasteiger partial charge is 0.0824 e. The number of hydrogen-bond donors (Lipinski definition) is 3. The van der Waals surface area contributed by atoms with Gasteiger partial charge in [0.25, 0.3) is 0 Å². The van der Waals surface area contributed by atoms with Crippen molar-refractivity contribution in [1.82, 2.24) is 9.88 Å². The molecule has 0 aliphatic carbocycles. The van der Waals surface area contributed by atoms with E-state index in [2.05, 4.69) is 150 Å². The minimum Gasteiger partial charge on any atom is -0.312 e. The Bertz CT molecular complexity index is 2830. The largest absolute Gasteiger partial charge is 0.312 e. The van der Waals surface area contributed by atoms with Gasteiger partial charge in [0.1, 0.15) is 0 Å². The molecule has 270 valence electrons. The number of aromatic nitrogens is 1. The number of rotatable bonds is 5. The zero-order chi connectivity index (χ0) is 37.9. The minimum absolute atomic E-state index is 0.285. The van der Waals surface area contributed by atoms with Gasteiger partial charge in [-0.25, -0.2) is 0 Å². The predicted molar refractivity (Wildman–Crippen MR) is 237 cm³/mol. The second kappa shape index (κ2) is 15.6. The van der Waals surface area contributed by atoms with Gasteiger partial charge >= 0.3 is 0 Å². The first-order chi connectivity index (χ1) is 27.0. The Morgan fingerprint density at radius 3 is 1.55 bits per heavy atom.